The van der Waals surface area contributed by atoms with Gasteiger partial charge in [-0.15, -0.1) is 0 Å². The first-order chi connectivity index (χ1) is 12.0. The van der Waals surface area contributed by atoms with Gasteiger partial charge in [-0.1, -0.05) is 32.0 Å². The monoisotopic (exact) mass is 341 g/mol. The molecule has 1 aromatic heterocycles. The molecule has 134 valence electrons. The van der Waals surface area contributed by atoms with E-state index in [4.69, 9.17) is 0 Å². The molecule has 0 aliphatic carbocycles. The number of hydrogen-bond donors (Lipinski definition) is 0. The van der Waals surface area contributed by atoms with Crippen LogP contribution in [0, 0.1) is 5.92 Å². The van der Waals surface area contributed by atoms with E-state index in [0.717, 1.165) is 29.4 Å². The standard InChI is InChI=1S/C20H27N3O2/c1-15(2)13-19(24)22-9-6-10-23(12-11-22)20(25)17-14-21(3)18-8-5-4-7-16(17)18/h4-5,7-8,14-15H,6,9-13H2,1-3H3. The van der Waals surface area contributed by atoms with Crippen LogP contribution in [0.2, 0.25) is 0 Å². The van der Waals surface area contributed by atoms with E-state index >= 15 is 0 Å². The van der Waals surface area contributed by atoms with Gasteiger partial charge >= 0.3 is 0 Å². The number of para-hydroxylation sites is 1. The minimum atomic E-state index is 0.0648. The summed E-state index contributed by atoms with van der Waals surface area (Å²) in [6, 6.07) is 7.98. The predicted octanol–water partition coefficient (Wildman–Crippen LogP) is 2.90. The zero-order valence-corrected chi connectivity index (χ0v) is 15.4. The third kappa shape index (κ3) is 3.70. The lowest BCUT2D eigenvalue weighted by Gasteiger charge is -2.22. The van der Waals surface area contributed by atoms with Gasteiger partial charge in [0.05, 0.1) is 5.56 Å². The topological polar surface area (TPSA) is 45.6 Å². The normalized spacial score (nSPS) is 15.7. The van der Waals surface area contributed by atoms with Crippen LogP contribution in [0.3, 0.4) is 0 Å². The molecule has 2 aromatic rings. The second kappa shape index (κ2) is 7.30. The minimum Gasteiger partial charge on any atom is -0.350 e. The van der Waals surface area contributed by atoms with Crippen LogP contribution in [-0.2, 0) is 11.8 Å². The van der Waals surface area contributed by atoms with E-state index in [0.29, 0.717) is 32.0 Å². The number of rotatable bonds is 3. The summed E-state index contributed by atoms with van der Waals surface area (Å²) in [6.07, 6.45) is 3.33. The number of benzene rings is 1. The average Bonchev–Trinajstić information content (AvgIpc) is 2.76. The fraction of sp³-hybridized carbons (Fsp3) is 0.500. The fourth-order valence-electron chi connectivity index (χ4n) is 3.53. The first-order valence-electron chi connectivity index (χ1n) is 9.08. The Balaban J connectivity index is 1.74. The van der Waals surface area contributed by atoms with Gasteiger partial charge in [0, 0.05) is 56.7 Å². The fourth-order valence-corrected chi connectivity index (χ4v) is 3.53. The van der Waals surface area contributed by atoms with E-state index in [2.05, 4.69) is 13.8 Å². The molecule has 0 saturated carbocycles. The maximum absolute atomic E-state index is 13.0. The number of aromatic nitrogens is 1. The molecule has 1 saturated heterocycles. The van der Waals surface area contributed by atoms with Gasteiger partial charge in [-0.2, -0.15) is 0 Å². The Morgan fingerprint density at radius 3 is 2.48 bits per heavy atom. The first kappa shape index (κ1) is 17.5. The van der Waals surface area contributed by atoms with E-state index < -0.39 is 0 Å². The van der Waals surface area contributed by atoms with Crippen molar-refractivity contribution in [2.45, 2.75) is 26.7 Å². The summed E-state index contributed by atoms with van der Waals surface area (Å²) in [5, 5.41) is 0.993. The molecule has 1 fully saturated rings. The Labute approximate surface area is 149 Å². The second-order valence-electron chi connectivity index (χ2n) is 7.30. The van der Waals surface area contributed by atoms with Crippen LogP contribution in [-0.4, -0.2) is 52.4 Å². The van der Waals surface area contributed by atoms with Crippen molar-refractivity contribution in [3.8, 4) is 0 Å². The maximum Gasteiger partial charge on any atom is 0.256 e. The smallest absolute Gasteiger partial charge is 0.256 e. The SMILES string of the molecule is CC(C)CC(=O)N1CCCN(C(=O)c2cn(C)c3ccccc23)CC1. The number of carbonyl (C=O) groups is 2. The van der Waals surface area contributed by atoms with Crippen molar-refractivity contribution in [2.24, 2.45) is 13.0 Å². The highest BCUT2D eigenvalue weighted by Gasteiger charge is 2.24. The molecule has 0 bridgehead atoms. The molecule has 2 amide bonds. The van der Waals surface area contributed by atoms with Crippen LogP contribution in [0.5, 0.6) is 0 Å². The molecule has 0 radical (unpaired) electrons. The molecular formula is C20H27N3O2. The number of amides is 2. The minimum absolute atomic E-state index is 0.0648. The van der Waals surface area contributed by atoms with Crippen molar-refractivity contribution in [2.75, 3.05) is 26.2 Å². The molecule has 1 aromatic carbocycles. The van der Waals surface area contributed by atoms with Crippen molar-refractivity contribution in [3.05, 3.63) is 36.0 Å². The number of nitrogens with zero attached hydrogens (tertiary/aromatic N) is 3. The van der Waals surface area contributed by atoms with Crippen molar-refractivity contribution < 1.29 is 9.59 Å². The Kier molecular flexibility index (Phi) is 5.11. The van der Waals surface area contributed by atoms with Gasteiger partial charge in [-0.25, -0.2) is 0 Å². The lowest BCUT2D eigenvalue weighted by atomic mass is 10.1. The molecule has 5 heteroatoms. The largest absolute Gasteiger partial charge is 0.350 e. The highest BCUT2D eigenvalue weighted by Crippen LogP contribution is 2.22. The molecule has 2 heterocycles. The number of carbonyl (C=O) groups excluding carboxylic acids is 2. The second-order valence-corrected chi connectivity index (χ2v) is 7.30. The quantitative estimate of drug-likeness (QED) is 0.862. The summed E-state index contributed by atoms with van der Waals surface area (Å²) in [5.74, 6) is 0.633. The van der Waals surface area contributed by atoms with Gasteiger partial charge in [-0.3, -0.25) is 9.59 Å². The van der Waals surface area contributed by atoms with Gasteiger partial charge in [0.15, 0.2) is 0 Å². The van der Waals surface area contributed by atoms with Crippen molar-refractivity contribution in [1.29, 1.82) is 0 Å². The molecule has 1 aliphatic rings. The highest BCUT2D eigenvalue weighted by molar-refractivity contribution is 6.07. The van der Waals surface area contributed by atoms with Gasteiger partial charge in [0.1, 0.15) is 0 Å². The van der Waals surface area contributed by atoms with Gasteiger partial charge < -0.3 is 14.4 Å². The zero-order chi connectivity index (χ0) is 18.0. The molecule has 3 rings (SSSR count). The lowest BCUT2D eigenvalue weighted by Crippen LogP contribution is -2.37. The van der Waals surface area contributed by atoms with Crippen LogP contribution in [0.15, 0.2) is 30.5 Å². The van der Waals surface area contributed by atoms with Crippen LogP contribution >= 0.6 is 0 Å². The molecule has 0 atom stereocenters. The number of hydrogen-bond acceptors (Lipinski definition) is 2. The Morgan fingerprint density at radius 1 is 1.04 bits per heavy atom. The summed E-state index contributed by atoms with van der Waals surface area (Å²) < 4.78 is 2.00. The summed E-state index contributed by atoms with van der Waals surface area (Å²) >= 11 is 0. The van der Waals surface area contributed by atoms with Crippen LogP contribution in [0.1, 0.15) is 37.0 Å². The molecule has 0 N–H and O–H groups in total. The highest BCUT2D eigenvalue weighted by atomic mass is 16.2. The Hall–Kier alpha value is -2.30. The predicted molar refractivity (Wildman–Crippen MR) is 99.5 cm³/mol. The van der Waals surface area contributed by atoms with E-state index in [1.54, 1.807) is 0 Å². The number of aryl methyl sites for hydroxylation is 1. The molecule has 0 unspecified atom stereocenters. The van der Waals surface area contributed by atoms with Crippen LogP contribution in [0.4, 0.5) is 0 Å². The van der Waals surface area contributed by atoms with Crippen LogP contribution < -0.4 is 0 Å². The molecule has 25 heavy (non-hydrogen) atoms. The van der Waals surface area contributed by atoms with E-state index in [1.807, 2.05) is 51.9 Å². The Morgan fingerprint density at radius 2 is 1.72 bits per heavy atom. The van der Waals surface area contributed by atoms with Crippen molar-refractivity contribution >= 4 is 22.7 Å². The third-order valence-electron chi connectivity index (χ3n) is 4.85. The molecule has 0 spiro atoms. The van der Waals surface area contributed by atoms with Gasteiger partial charge in [-0.05, 0) is 18.4 Å². The molecular weight excluding hydrogens is 314 g/mol. The molecule has 1 aliphatic heterocycles. The van der Waals surface area contributed by atoms with Crippen molar-refractivity contribution in [3.63, 3.8) is 0 Å². The molecule has 5 nitrogen and oxygen atoms in total. The third-order valence-corrected chi connectivity index (χ3v) is 4.85. The summed E-state index contributed by atoms with van der Waals surface area (Å²) in [5.41, 5.74) is 1.81. The summed E-state index contributed by atoms with van der Waals surface area (Å²) in [7, 11) is 1.97. The number of fused-ring (bicyclic) bond motifs is 1. The van der Waals surface area contributed by atoms with E-state index in [-0.39, 0.29) is 11.8 Å². The maximum atomic E-state index is 13.0. The average molecular weight is 341 g/mol. The lowest BCUT2D eigenvalue weighted by molar-refractivity contribution is -0.131. The van der Waals surface area contributed by atoms with Crippen LogP contribution in [0.25, 0.3) is 10.9 Å². The zero-order valence-electron chi connectivity index (χ0n) is 15.4. The first-order valence-corrected chi connectivity index (χ1v) is 9.08. The van der Waals surface area contributed by atoms with E-state index in [1.165, 1.54) is 0 Å². The van der Waals surface area contributed by atoms with Gasteiger partial charge in [0.2, 0.25) is 5.91 Å². The summed E-state index contributed by atoms with van der Waals surface area (Å²) in [4.78, 5) is 29.2. The Bertz CT molecular complexity index is 778. The van der Waals surface area contributed by atoms with Crippen molar-refractivity contribution in [1.82, 2.24) is 14.4 Å². The van der Waals surface area contributed by atoms with E-state index in [9.17, 15) is 9.59 Å². The summed E-state index contributed by atoms with van der Waals surface area (Å²) in [6.45, 7) is 6.80. The van der Waals surface area contributed by atoms with Gasteiger partial charge in [0.25, 0.3) is 5.91 Å².